The number of amides is 1. The Kier molecular flexibility index (Phi) is 8.25. The van der Waals surface area contributed by atoms with Crippen molar-refractivity contribution in [3.05, 3.63) is 28.7 Å². The molecule has 0 aliphatic carbocycles. The van der Waals surface area contributed by atoms with Crippen LogP contribution in [-0.4, -0.2) is 19.1 Å². The van der Waals surface area contributed by atoms with Crippen molar-refractivity contribution in [3.8, 4) is 5.75 Å². The van der Waals surface area contributed by atoms with Crippen molar-refractivity contribution in [2.24, 2.45) is 0 Å². The van der Waals surface area contributed by atoms with Crippen LogP contribution in [0, 0.1) is 0 Å². The molecule has 1 rings (SSSR count). The number of hydrogen-bond donors (Lipinski definition) is 1. The average Bonchev–Trinajstić information content (AvgIpc) is 2.41. The standard InChI is InChI=1S/C14H20BrNO3/c1-2-3-4-5-14(17)16-19-11-10-18-13-8-6-12(15)7-9-13/h6-9H,2-5,10-11H2,1H3,(H,16,17). The van der Waals surface area contributed by atoms with Crippen molar-refractivity contribution >= 4 is 21.8 Å². The zero-order valence-corrected chi connectivity index (χ0v) is 12.7. The predicted molar refractivity (Wildman–Crippen MR) is 77.9 cm³/mol. The van der Waals surface area contributed by atoms with Gasteiger partial charge in [0.05, 0.1) is 0 Å². The highest BCUT2D eigenvalue weighted by molar-refractivity contribution is 9.10. The number of rotatable bonds is 9. The minimum Gasteiger partial charge on any atom is -0.491 e. The first kappa shape index (κ1) is 16.0. The molecule has 4 nitrogen and oxygen atoms in total. The molecule has 5 heteroatoms. The molecule has 0 bridgehead atoms. The Morgan fingerprint density at radius 1 is 1.21 bits per heavy atom. The highest BCUT2D eigenvalue weighted by atomic mass is 79.9. The van der Waals surface area contributed by atoms with Gasteiger partial charge in [-0.25, -0.2) is 5.48 Å². The van der Waals surface area contributed by atoms with Crippen molar-refractivity contribution < 1.29 is 14.4 Å². The number of carbonyl (C=O) groups excluding carboxylic acids is 1. The fourth-order valence-corrected chi connectivity index (χ4v) is 1.71. The lowest BCUT2D eigenvalue weighted by molar-refractivity contribution is -0.134. The lowest BCUT2D eigenvalue weighted by atomic mass is 10.2. The Hall–Kier alpha value is -1.07. The maximum absolute atomic E-state index is 11.3. The fourth-order valence-electron chi connectivity index (χ4n) is 1.45. The summed E-state index contributed by atoms with van der Waals surface area (Å²) in [5.41, 5.74) is 2.41. The molecular formula is C14H20BrNO3. The first-order valence-corrected chi connectivity index (χ1v) is 7.30. The van der Waals surface area contributed by atoms with Gasteiger partial charge in [-0.15, -0.1) is 0 Å². The lowest BCUT2D eigenvalue weighted by Crippen LogP contribution is -2.25. The van der Waals surface area contributed by atoms with Gasteiger partial charge in [-0.05, 0) is 30.7 Å². The van der Waals surface area contributed by atoms with Crippen LogP contribution in [0.3, 0.4) is 0 Å². The Morgan fingerprint density at radius 2 is 1.95 bits per heavy atom. The largest absolute Gasteiger partial charge is 0.491 e. The molecule has 19 heavy (non-hydrogen) atoms. The van der Waals surface area contributed by atoms with Crippen LogP contribution in [0.15, 0.2) is 28.7 Å². The third-order valence-corrected chi connectivity index (χ3v) is 2.99. The molecule has 0 heterocycles. The van der Waals surface area contributed by atoms with Gasteiger partial charge < -0.3 is 4.74 Å². The first-order valence-electron chi connectivity index (χ1n) is 6.51. The number of hydroxylamine groups is 1. The van der Waals surface area contributed by atoms with E-state index in [1.807, 2.05) is 24.3 Å². The van der Waals surface area contributed by atoms with Crippen molar-refractivity contribution in [2.45, 2.75) is 32.6 Å². The van der Waals surface area contributed by atoms with Crippen LogP contribution in [0.4, 0.5) is 0 Å². The molecule has 0 aromatic heterocycles. The predicted octanol–water partition coefficient (Wildman–Crippen LogP) is 3.46. The zero-order chi connectivity index (χ0) is 13.9. The third-order valence-electron chi connectivity index (χ3n) is 2.46. The van der Waals surface area contributed by atoms with Crippen molar-refractivity contribution in [1.29, 1.82) is 0 Å². The summed E-state index contributed by atoms with van der Waals surface area (Å²) >= 11 is 3.35. The lowest BCUT2D eigenvalue weighted by Gasteiger charge is -2.07. The summed E-state index contributed by atoms with van der Waals surface area (Å²) in [6.07, 6.45) is 3.60. The van der Waals surface area contributed by atoms with Gasteiger partial charge in [0, 0.05) is 10.9 Å². The van der Waals surface area contributed by atoms with Gasteiger partial charge in [0.15, 0.2) is 0 Å². The van der Waals surface area contributed by atoms with Crippen molar-refractivity contribution in [2.75, 3.05) is 13.2 Å². The average molecular weight is 330 g/mol. The van der Waals surface area contributed by atoms with Crippen LogP contribution in [0.25, 0.3) is 0 Å². The number of hydrogen-bond acceptors (Lipinski definition) is 3. The number of ether oxygens (including phenoxy) is 1. The van der Waals surface area contributed by atoms with E-state index in [1.54, 1.807) is 0 Å². The van der Waals surface area contributed by atoms with Gasteiger partial charge in [0.2, 0.25) is 5.91 Å². The fraction of sp³-hybridized carbons (Fsp3) is 0.500. The number of nitrogens with one attached hydrogen (secondary N) is 1. The molecule has 1 aromatic carbocycles. The highest BCUT2D eigenvalue weighted by Gasteiger charge is 2.00. The molecular weight excluding hydrogens is 310 g/mol. The summed E-state index contributed by atoms with van der Waals surface area (Å²) in [6.45, 7) is 2.83. The summed E-state index contributed by atoms with van der Waals surface area (Å²) in [7, 11) is 0. The quantitative estimate of drug-likeness (QED) is 0.557. The van der Waals surface area contributed by atoms with Gasteiger partial charge in [-0.3, -0.25) is 9.63 Å². The van der Waals surface area contributed by atoms with Crippen molar-refractivity contribution in [1.82, 2.24) is 5.48 Å². The monoisotopic (exact) mass is 329 g/mol. The number of halogens is 1. The van der Waals surface area contributed by atoms with E-state index in [0.29, 0.717) is 19.6 Å². The maximum atomic E-state index is 11.3. The number of unbranched alkanes of at least 4 members (excludes halogenated alkanes) is 2. The molecule has 0 aliphatic rings. The minimum absolute atomic E-state index is 0.0721. The third kappa shape index (κ3) is 7.85. The van der Waals surface area contributed by atoms with Crippen LogP contribution in [0.2, 0.25) is 0 Å². The molecule has 0 spiro atoms. The molecule has 0 radical (unpaired) electrons. The molecule has 0 aliphatic heterocycles. The van der Waals surface area contributed by atoms with E-state index in [-0.39, 0.29) is 5.91 Å². The normalized spacial score (nSPS) is 10.2. The van der Waals surface area contributed by atoms with E-state index in [9.17, 15) is 4.79 Å². The highest BCUT2D eigenvalue weighted by Crippen LogP contribution is 2.15. The second-order valence-corrected chi connectivity index (χ2v) is 5.05. The maximum Gasteiger partial charge on any atom is 0.243 e. The number of benzene rings is 1. The van der Waals surface area contributed by atoms with E-state index >= 15 is 0 Å². The summed E-state index contributed by atoms with van der Waals surface area (Å²) in [5.74, 6) is 0.707. The van der Waals surface area contributed by atoms with Crippen LogP contribution >= 0.6 is 15.9 Å². The van der Waals surface area contributed by atoms with E-state index in [4.69, 9.17) is 9.57 Å². The van der Waals surface area contributed by atoms with Gasteiger partial charge >= 0.3 is 0 Å². The molecule has 106 valence electrons. The Morgan fingerprint density at radius 3 is 2.63 bits per heavy atom. The molecule has 1 N–H and O–H groups in total. The topological polar surface area (TPSA) is 47.6 Å². The van der Waals surface area contributed by atoms with Gasteiger partial charge in [0.1, 0.15) is 19.0 Å². The van der Waals surface area contributed by atoms with Crippen LogP contribution in [0.5, 0.6) is 5.75 Å². The summed E-state index contributed by atoms with van der Waals surface area (Å²) in [5, 5.41) is 0. The summed E-state index contributed by atoms with van der Waals surface area (Å²) < 4.78 is 6.45. The molecule has 0 atom stereocenters. The Labute approximate surface area is 122 Å². The van der Waals surface area contributed by atoms with Crippen LogP contribution in [0.1, 0.15) is 32.6 Å². The smallest absolute Gasteiger partial charge is 0.243 e. The second kappa shape index (κ2) is 9.81. The molecule has 0 saturated carbocycles. The van der Waals surface area contributed by atoms with Gasteiger partial charge in [-0.2, -0.15) is 0 Å². The van der Waals surface area contributed by atoms with E-state index in [2.05, 4.69) is 28.3 Å². The zero-order valence-electron chi connectivity index (χ0n) is 11.2. The van der Waals surface area contributed by atoms with E-state index in [1.165, 1.54) is 0 Å². The Balaban J connectivity index is 2.01. The second-order valence-electron chi connectivity index (χ2n) is 4.13. The minimum atomic E-state index is -0.0721. The molecule has 0 fully saturated rings. The van der Waals surface area contributed by atoms with E-state index < -0.39 is 0 Å². The van der Waals surface area contributed by atoms with Crippen molar-refractivity contribution in [3.63, 3.8) is 0 Å². The molecule has 1 amide bonds. The van der Waals surface area contributed by atoms with Crippen LogP contribution in [-0.2, 0) is 9.63 Å². The molecule has 1 aromatic rings. The summed E-state index contributed by atoms with van der Waals surface area (Å²) in [6, 6.07) is 7.55. The Bertz CT molecular complexity index is 367. The van der Waals surface area contributed by atoms with Gasteiger partial charge in [-0.1, -0.05) is 35.7 Å². The van der Waals surface area contributed by atoms with E-state index in [0.717, 1.165) is 29.5 Å². The summed E-state index contributed by atoms with van der Waals surface area (Å²) in [4.78, 5) is 16.3. The molecule has 0 unspecified atom stereocenters. The number of carbonyl (C=O) groups is 1. The SMILES string of the molecule is CCCCCC(=O)NOCCOc1ccc(Br)cc1. The van der Waals surface area contributed by atoms with Crippen LogP contribution < -0.4 is 10.2 Å². The first-order chi connectivity index (χ1) is 9.22. The van der Waals surface area contributed by atoms with Gasteiger partial charge in [0.25, 0.3) is 0 Å². The molecule has 0 saturated heterocycles.